The maximum atomic E-state index is 13.4. The molecule has 0 radical (unpaired) electrons. The Hall–Kier alpha value is -1.40. The van der Waals surface area contributed by atoms with Crippen molar-refractivity contribution in [2.24, 2.45) is 11.8 Å². The number of nitrogens with zero attached hydrogens (tertiary/aromatic N) is 1. The second-order valence-corrected chi connectivity index (χ2v) is 5.72. The standard InChI is InChI=1S/C11H15F2NO4/c1-10(2,3)18-9(17)14-4-5(8(15)16)6-7(14)11(6,12)13/h5-7H,4H2,1-3H3,(H,15,16)/t5-,6-,7+/m0/s1. The highest BCUT2D eigenvalue weighted by atomic mass is 19.3. The number of hydrogen-bond acceptors (Lipinski definition) is 3. The molecule has 0 aromatic rings. The number of ether oxygens (including phenoxy) is 1. The van der Waals surface area contributed by atoms with Gasteiger partial charge in [-0.2, -0.15) is 0 Å². The summed E-state index contributed by atoms with van der Waals surface area (Å²) in [4.78, 5) is 23.4. The highest BCUT2D eigenvalue weighted by Crippen LogP contribution is 2.60. The highest BCUT2D eigenvalue weighted by molar-refractivity contribution is 5.77. The number of carboxylic acid groups (broad SMARTS) is 1. The van der Waals surface area contributed by atoms with E-state index in [1.165, 1.54) is 0 Å². The van der Waals surface area contributed by atoms with Crippen molar-refractivity contribution in [3.8, 4) is 0 Å². The summed E-state index contributed by atoms with van der Waals surface area (Å²) < 4.78 is 31.8. The van der Waals surface area contributed by atoms with Crippen molar-refractivity contribution in [1.82, 2.24) is 4.90 Å². The molecule has 0 spiro atoms. The molecule has 1 saturated heterocycles. The number of carbonyl (C=O) groups excluding carboxylic acids is 1. The van der Waals surface area contributed by atoms with Crippen LogP contribution in [0.2, 0.25) is 0 Å². The van der Waals surface area contributed by atoms with E-state index in [1.54, 1.807) is 20.8 Å². The fourth-order valence-electron chi connectivity index (χ4n) is 2.40. The van der Waals surface area contributed by atoms with Crippen molar-refractivity contribution in [3.63, 3.8) is 0 Å². The van der Waals surface area contributed by atoms with Crippen LogP contribution in [0.5, 0.6) is 0 Å². The van der Waals surface area contributed by atoms with E-state index >= 15 is 0 Å². The molecule has 2 fully saturated rings. The lowest BCUT2D eigenvalue weighted by atomic mass is 10.1. The van der Waals surface area contributed by atoms with Gasteiger partial charge >= 0.3 is 12.1 Å². The minimum atomic E-state index is -3.11. The van der Waals surface area contributed by atoms with Crippen LogP contribution in [0, 0.1) is 11.8 Å². The number of piperidine rings is 1. The molecule has 7 heteroatoms. The van der Waals surface area contributed by atoms with Crippen LogP contribution in [0.15, 0.2) is 0 Å². The molecule has 0 aromatic heterocycles. The summed E-state index contributed by atoms with van der Waals surface area (Å²) in [5, 5.41) is 8.86. The SMILES string of the molecule is CC(C)(C)OC(=O)N1C[C@H](C(=O)O)[C@H]2[C@@H]1C2(F)F. The predicted molar refractivity (Wildman–Crippen MR) is 56.3 cm³/mol. The molecule has 5 nitrogen and oxygen atoms in total. The fourth-order valence-corrected chi connectivity index (χ4v) is 2.40. The summed E-state index contributed by atoms with van der Waals surface area (Å²) in [5.41, 5.74) is -0.794. The Morgan fingerprint density at radius 3 is 2.33 bits per heavy atom. The number of rotatable bonds is 1. The highest BCUT2D eigenvalue weighted by Gasteiger charge is 2.79. The topological polar surface area (TPSA) is 66.8 Å². The van der Waals surface area contributed by atoms with Crippen molar-refractivity contribution in [1.29, 1.82) is 0 Å². The van der Waals surface area contributed by atoms with Crippen LogP contribution in [0.4, 0.5) is 13.6 Å². The van der Waals surface area contributed by atoms with Crippen LogP contribution >= 0.6 is 0 Å². The van der Waals surface area contributed by atoms with Crippen molar-refractivity contribution in [2.45, 2.75) is 38.3 Å². The van der Waals surface area contributed by atoms with Gasteiger partial charge in [0.05, 0.1) is 11.8 Å². The lowest BCUT2D eigenvalue weighted by Crippen LogP contribution is -2.41. The largest absolute Gasteiger partial charge is 0.481 e. The third kappa shape index (κ3) is 1.91. The number of halogens is 2. The Morgan fingerprint density at radius 1 is 1.39 bits per heavy atom. The summed E-state index contributed by atoms with van der Waals surface area (Å²) in [7, 11) is 0. The van der Waals surface area contributed by atoms with Gasteiger partial charge in [-0.15, -0.1) is 0 Å². The van der Waals surface area contributed by atoms with Gasteiger partial charge in [0.15, 0.2) is 0 Å². The number of carboxylic acids is 1. The van der Waals surface area contributed by atoms with Gasteiger partial charge in [-0.25, -0.2) is 13.6 Å². The van der Waals surface area contributed by atoms with E-state index in [0.29, 0.717) is 0 Å². The number of aliphatic carboxylic acids is 1. The summed E-state index contributed by atoms with van der Waals surface area (Å²) >= 11 is 0. The fraction of sp³-hybridized carbons (Fsp3) is 0.818. The van der Waals surface area contributed by atoms with E-state index in [1.807, 2.05) is 0 Å². The monoisotopic (exact) mass is 263 g/mol. The van der Waals surface area contributed by atoms with Gasteiger partial charge in [0, 0.05) is 6.54 Å². The van der Waals surface area contributed by atoms with Crippen molar-refractivity contribution in [3.05, 3.63) is 0 Å². The number of carbonyl (C=O) groups is 2. The third-order valence-corrected chi connectivity index (χ3v) is 3.18. The summed E-state index contributed by atoms with van der Waals surface area (Å²) in [6, 6.07) is -1.33. The van der Waals surface area contributed by atoms with Crippen LogP contribution in [0.25, 0.3) is 0 Å². The van der Waals surface area contributed by atoms with Crippen molar-refractivity contribution >= 4 is 12.1 Å². The van der Waals surface area contributed by atoms with Gasteiger partial charge in [0.25, 0.3) is 5.92 Å². The Bertz CT molecular complexity index is 404. The van der Waals surface area contributed by atoms with Gasteiger partial charge in [0.1, 0.15) is 11.6 Å². The molecule has 18 heavy (non-hydrogen) atoms. The lowest BCUT2D eigenvalue weighted by Gasteiger charge is -2.26. The maximum absolute atomic E-state index is 13.4. The van der Waals surface area contributed by atoms with Gasteiger partial charge in [-0.05, 0) is 20.8 Å². The zero-order valence-corrected chi connectivity index (χ0v) is 10.3. The molecule has 1 aliphatic heterocycles. The van der Waals surface area contributed by atoms with Crippen molar-refractivity contribution < 1.29 is 28.2 Å². The maximum Gasteiger partial charge on any atom is 0.410 e. The molecule has 2 rings (SSSR count). The molecule has 2 aliphatic rings. The Labute approximate surface area is 103 Å². The lowest BCUT2D eigenvalue weighted by molar-refractivity contribution is -0.143. The average Bonchev–Trinajstić information content (AvgIpc) is 2.58. The molecule has 102 valence electrons. The summed E-state index contributed by atoms with van der Waals surface area (Å²) in [6.07, 6.45) is -0.876. The zero-order chi connectivity index (χ0) is 13.9. The van der Waals surface area contributed by atoms with E-state index in [0.717, 1.165) is 4.90 Å². The second kappa shape index (κ2) is 3.55. The molecule has 1 amide bonds. The Morgan fingerprint density at radius 2 is 1.94 bits per heavy atom. The molecular formula is C11H15F2NO4. The summed E-state index contributed by atoms with van der Waals surface area (Å²) in [6.45, 7) is 4.66. The van der Waals surface area contributed by atoms with Gasteiger partial charge in [0.2, 0.25) is 0 Å². The molecule has 1 N–H and O–H groups in total. The average molecular weight is 263 g/mol. The van der Waals surface area contributed by atoms with Crippen LogP contribution < -0.4 is 0 Å². The summed E-state index contributed by atoms with van der Waals surface area (Å²) in [5.74, 6) is -6.90. The molecule has 1 aliphatic carbocycles. The number of fused-ring (bicyclic) bond motifs is 1. The van der Waals surface area contributed by atoms with E-state index in [9.17, 15) is 18.4 Å². The second-order valence-electron chi connectivity index (χ2n) is 5.72. The molecule has 0 unspecified atom stereocenters. The van der Waals surface area contributed by atoms with Crippen LogP contribution in [-0.2, 0) is 9.53 Å². The molecule has 1 saturated carbocycles. The van der Waals surface area contributed by atoms with Gasteiger partial charge in [-0.3, -0.25) is 9.69 Å². The molecule has 0 aromatic carbocycles. The smallest absolute Gasteiger partial charge is 0.410 e. The predicted octanol–water partition coefficient (Wildman–Crippen LogP) is 1.57. The molecular weight excluding hydrogens is 248 g/mol. The first-order chi connectivity index (χ1) is 8.05. The quantitative estimate of drug-likeness (QED) is 0.779. The first-order valence-corrected chi connectivity index (χ1v) is 5.66. The normalized spacial score (nSPS) is 32.9. The number of alkyl halides is 2. The van der Waals surface area contributed by atoms with Crippen LogP contribution in [0.1, 0.15) is 20.8 Å². The first kappa shape index (κ1) is 13.0. The third-order valence-electron chi connectivity index (χ3n) is 3.18. The van der Waals surface area contributed by atoms with Crippen LogP contribution in [-0.4, -0.2) is 46.2 Å². The number of likely N-dealkylation sites (tertiary alicyclic amines) is 1. The molecule has 0 bridgehead atoms. The Kier molecular flexibility index (Phi) is 2.57. The van der Waals surface area contributed by atoms with E-state index in [2.05, 4.69) is 0 Å². The van der Waals surface area contributed by atoms with E-state index in [4.69, 9.17) is 9.84 Å². The van der Waals surface area contributed by atoms with E-state index < -0.39 is 41.5 Å². The van der Waals surface area contributed by atoms with Crippen molar-refractivity contribution in [2.75, 3.05) is 6.54 Å². The zero-order valence-electron chi connectivity index (χ0n) is 10.3. The minimum Gasteiger partial charge on any atom is -0.481 e. The minimum absolute atomic E-state index is 0.213. The number of amides is 1. The van der Waals surface area contributed by atoms with E-state index in [-0.39, 0.29) is 6.54 Å². The Balaban J connectivity index is 2.12. The number of hydrogen-bond donors (Lipinski definition) is 1. The van der Waals surface area contributed by atoms with Gasteiger partial charge < -0.3 is 9.84 Å². The molecule has 3 atom stereocenters. The van der Waals surface area contributed by atoms with Gasteiger partial charge in [-0.1, -0.05) is 0 Å². The van der Waals surface area contributed by atoms with Crippen LogP contribution in [0.3, 0.4) is 0 Å². The molecule has 1 heterocycles. The first-order valence-electron chi connectivity index (χ1n) is 5.66.